The number of aromatic carboxylic acids is 1. The molecule has 0 aliphatic carbocycles. The molecule has 6 aromatic carbocycles. The van der Waals surface area contributed by atoms with Gasteiger partial charge in [-0.1, -0.05) is 39.1 Å². The maximum absolute atomic E-state index is 13.5. The Hall–Kier alpha value is -8.91. The summed E-state index contributed by atoms with van der Waals surface area (Å²) < 4.78 is 36.8. The molecule has 6 saturated heterocycles. The van der Waals surface area contributed by atoms with Gasteiger partial charge < -0.3 is 70.7 Å². The van der Waals surface area contributed by atoms with Crippen molar-refractivity contribution < 1.29 is 116 Å². The maximum Gasteiger partial charge on any atom is 1.00 e. The number of carboxylic acid groups (broad SMARTS) is 1. The van der Waals surface area contributed by atoms with Crippen LogP contribution in [0.5, 0.6) is 0 Å². The van der Waals surface area contributed by atoms with E-state index in [-0.39, 0.29) is 165 Å². The molecule has 0 saturated carbocycles. The summed E-state index contributed by atoms with van der Waals surface area (Å²) in [6.07, 6.45) is 6.09. The fourth-order valence-electron chi connectivity index (χ4n) is 11.0. The molecule has 0 radical (unpaired) electrons. The Morgan fingerprint density at radius 3 is 1.17 bits per heavy atom. The van der Waals surface area contributed by atoms with Gasteiger partial charge in [0.15, 0.2) is 0 Å². The molecule has 0 spiro atoms. The average molecular weight is 1590 g/mol. The second-order valence-electron chi connectivity index (χ2n) is 23.3. The van der Waals surface area contributed by atoms with E-state index in [1.165, 1.54) is 55.5 Å². The van der Waals surface area contributed by atoms with Gasteiger partial charge >= 0.3 is 47.5 Å². The van der Waals surface area contributed by atoms with Crippen LogP contribution in [0.2, 0.25) is 10.0 Å². The van der Waals surface area contributed by atoms with Crippen LogP contribution in [0.3, 0.4) is 0 Å². The van der Waals surface area contributed by atoms with Crippen LogP contribution in [-0.4, -0.2) is 207 Å². The number of benzene rings is 6. The number of methoxy groups -OCH3 is 2. The second-order valence-corrected chi connectivity index (χ2v) is 25.0. The minimum absolute atomic E-state index is 0. The molecule has 12 rings (SSSR count). The van der Waals surface area contributed by atoms with E-state index < -0.39 is 17.6 Å². The number of esters is 2. The monoisotopic (exact) mass is 1580 g/mol. The van der Waals surface area contributed by atoms with E-state index >= 15 is 0 Å². The Balaban J connectivity index is 0.000000284. The van der Waals surface area contributed by atoms with E-state index in [1.807, 2.05) is 0 Å². The molecule has 556 valence electrons. The molecule has 105 heavy (non-hydrogen) atoms. The molecule has 6 aliphatic heterocycles. The molecule has 33 heteroatoms. The molecule has 9 amide bonds. The number of hydrogen-bond acceptors (Lipinski definition) is 16. The number of rotatable bonds is 12. The van der Waals surface area contributed by atoms with Gasteiger partial charge in [0, 0.05) is 131 Å². The Morgan fingerprint density at radius 1 is 0.505 bits per heavy atom. The summed E-state index contributed by atoms with van der Waals surface area (Å²) in [6.45, 7) is 5.62. The zero-order valence-electron chi connectivity index (χ0n) is 57.9. The summed E-state index contributed by atoms with van der Waals surface area (Å²) >= 11 is 15.2. The number of nitrogens with one attached hydrogen (secondary N) is 2. The molecule has 6 aromatic rings. The van der Waals surface area contributed by atoms with E-state index in [0.29, 0.717) is 81.8 Å². The third kappa shape index (κ3) is 26.3. The van der Waals surface area contributed by atoms with Crippen molar-refractivity contribution in [2.24, 2.45) is 5.73 Å². The SMILES string of the molecule is COC(=O)c1ccc(Br)cc1.COC(=O)c1ccc(N2CCCC2=O)cc1.Cl.NCC(=O)N1CCN(C(=O)c2cc(F)ccc2Cl)CC1.O=C(NCC(=O)N1CCN(C(=O)c2cc(F)ccc2Cl)CC1)c1ccc(N2CCCC2=O)cc1.O=C(O)c1ccc(N2CCCC2=O)cc1.O=C1CCCN1.[Na+].[OH-]. The smallest absolute Gasteiger partial charge is 0.870 e. The first-order valence-electron chi connectivity index (χ1n) is 32.6. The molecule has 6 heterocycles. The number of piperazine rings is 2. The summed E-state index contributed by atoms with van der Waals surface area (Å²) in [5.74, 6) is -3.63. The molecule has 6 aliphatic rings. The number of anilines is 3. The van der Waals surface area contributed by atoms with Gasteiger partial charge in [-0.25, -0.2) is 23.2 Å². The summed E-state index contributed by atoms with van der Waals surface area (Å²) in [7, 11) is 2.71. The molecule has 26 nitrogen and oxygen atoms in total. The van der Waals surface area contributed by atoms with Gasteiger partial charge in [-0.3, -0.25) is 43.2 Å². The van der Waals surface area contributed by atoms with Crippen molar-refractivity contribution in [2.45, 2.75) is 51.4 Å². The number of ether oxygens (including phenoxy) is 2. The van der Waals surface area contributed by atoms with Crippen LogP contribution in [0.1, 0.15) is 114 Å². The fourth-order valence-corrected chi connectivity index (χ4v) is 11.6. The predicted molar refractivity (Wildman–Crippen MR) is 388 cm³/mol. The van der Waals surface area contributed by atoms with E-state index in [9.17, 15) is 66.3 Å². The van der Waals surface area contributed by atoms with Crippen LogP contribution < -0.4 is 60.6 Å². The Kier molecular flexibility index (Phi) is 37.2. The molecular formula is C72H79BrCl3F2N10NaO16. The molecule has 0 unspecified atom stereocenters. The van der Waals surface area contributed by atoms with Crippen molar-refractivity contribution in [3.63, 3.8) is 0 Å². The maximum atomic E-state index is 13.5. The van der Waals surface area contributed by atoms with Crippen LogP contribution in [0.15, 0.2) is 138 Å². The van der Waals surface area contributed by atoms with Gasteiger partial charge in [0.2, 0.25) is 35.4 Å². The van der Waals surface area contributed by atoms with Crippen molar-refractivity contribution in [3.05, 3.63) is 193 Å². The molecular weight excluding hydrogens is 1510 g/mol. The van der Waals surface area contributed by atoms with Crippen molar-refractivity contribution >= 4 is 140 Å². The number of carbonyl (C=O) groups excluding carboxylic acids is 11. The number of carboxylic acids is 1. The van der Waals surface area contributed by atoms with Gasteiger partial charge in [-0.05, 0) is 159 Å². The van der Waals surface area contributed by atoms with Crippen molar-refractivity contribution in [3.8, 4) is 0 Å². The molecule has 0 atom stereocenters. The summed E-state index contributed by atoms with van der Waals surface area (Å²) in [5, 5.41) is 14.4. The Bertz CT molecular complexity index is 4000. The zero-order valence-corrected chi connectivity index (χ0v) is 63.8. The van der Waals surface area contributed by atoms with Gasteiger partial charge in [0.1, 0.15) is 11.6 Å². The normalized spacial score (nSPS) is 14.9. The summed E-state index contributed by atoms with van der Waals surface area (Å²) in [4.78, 5) is 150. The van der Waals surface area contributed by atoms with Gasteiger partial charge in [-0.15, -0.1) is 12.4 Å². The number of hydrogen-bond donors (Lipinski definition) is 4. The van der Waals surface area contributed by atoms with Crippen LogP contribution in [0.25, 0.3) is 0 Å². The van der Waals surface area contributed by atoms with Crippen molar-refractivity contribution in [1.82, 2.24) is 30.2 Å². The summed E-state index contributed by atoms with van der Waals surface area (Å²) in [5.41, 5.74) is 9.60. The van der Waals surface area contributed by atoms with E-state index in [1.54, 1.807) is 114 Å². The summed E-state index contributed by atoms with van der Waals surface area (Å²) in [6, 6.07) is 34.3. The molecule has 6 N–H and O–H groups in total. The fraction of sp³-hybridized carbons (Fsp3) is 0.333. The predicted octanol–water partition coefficient (Wildman–Crippen LogP) is 5.54. The molecule has 6 fully saturated rings. The minimum atomic E-state index is -0.950. The standard InChI is InChI=1S/C24H24ClFN4O4.C13H15ClFN3O2.C12H13NO3.C11H11NO3.C8H7BrO2.C4H7NO.ClH.Na.H2O/c25-20-8-5-17(26)14-19(20)24(34)29-12-10-28(11-13-29)22(32)15-27-23(33)16-3-6-18(7-4-16)30-9-1-2-21(30)31;14-11-2-1-9(15)7-10(11)13(20)18-5-3-17(4-6-18)12(19)8-16;1-16-12(15)9-4-6-10(7-5-9)13-8-2-3-11(13)14;13-10-2-1-7-12(10)9-5-3-8(4-6-9)11(14)15;1-11-8(10)6-2-4-7(9)5-3-6;6-4-2-1-3-5-4;;;/h3-8,14H,1-2,9-13,15H2,(H,27,33);1-2,7H,3-6,8,16H2;4-7H,2-3,8H2,1H3;3-6H,1-2,7H2,(H,14,15);2-5H,1H3;1-3H2,(H,5,6);1H;;1H2/q;;;;;;;+1;/p-1. The van der Waals surface area contributed by atoms with Gasteiger partial charge in [0.05, 0.1) is 65.2 Å². The number of halogens is 6. The van der Waals surface area contributed by atoms with Crippen LogP contribution >= 0.6 is 51.5 Å². The molecule has 0 bridgehead atoms. The molecule has 0 aromatic heterocycles. The van der Waals surface area contributed by atoms with E-state index in [4.69, 9.17) is 34.0 Å². The number of amides is 9. The minimum Gasteiger partial charge on any atom is -0.870 e. The van der Waals surface area contributed by atoms with Crippen LogP contribution in [0, 0.1) is 11.6 Å². The largest absolute Gasteiger partial charge is 1.00 e. The topological polar surface area (TPSA) is 346 Å². The average Bonchev–Trinajstić information content (AvgIpc) is 1.85. The first kappa shape index (κ1) is 88.5. The van der Waals surface area contributed by atoms with Crippen LogP contribution in [-0.2, 0) is 38.2 Å². The Morgan fingerprint density at radius 2 is 0.857 bits per heavy atom. The zero-order chi connectivity index (χ0) is 74.0. The third-order valence-corrected chi connectivity index (χ3v) is 17.8. The van der Waals surface area contributed by atoms with E-state index in [2.05, 4.69) is 36.0 Å². The number of nitrogens with two attached hydrogens (primary N) is 1. The quantitative estimate of drug-likeness (QED) is 0.0863. The van der Waals surface area contributed by atoms with E-state index in [0.717, 1.165) is 85.4 Å². The third-order valence-electron chi connectivity index (χ3n) is 16.6. The first-order valence-corrected chi connectivity index (χ1v) is 34.1. The van der Waals surface area contributed by atoms with Crippen molar-refractivity contribution in [1.29, 1.82) is 0 Å². The van der Waals surface area contributed by atoms with Crippen LogP contribution in [0.4, 0.5) is 25.8 Å². The van der Waals surface area contributed by atoms with Gasteiger partial charge in [0.25, 0.3) is 17.7 Å². The Labute approximate surface area is 651 Å². The second kappa shape index (κ2) is 44.1. The number of nitrogens with zero attached hydrogens (tertiary/aromatic N) is 7. The van der Waals surface area contributed by atoms with Crippen molar-refractivity contribution in [2.75, 3.05) is 121 Å². The van der Waals surface area contributed by atoms with Gasteiger partial charge in [-0.2, -0.15) is 0 Å². The first-order chi connectivity index (χ1) is 48.9. The number of carbonyl (C=O) groups is 12.